The van der Waals surface area contributed by atoms with Gasteiger partial charge in [0.15, 0.2) is 9.84 Å². The molecule has 1 saturated heterocycles. The molecule has 126 valence electrons. The van der Waals surface area contributed by atoms with E-state index in [9.17, 15) is 23.1 Å². The first-order valence-electron chi connectivity index (χ1n) is 7.22. The van der Waals surface area contributed by atoms with Crippen molar-refractivity contribution < 1.29 is 23.1 Å². The van der Waals surface area contributed by atoms with Crippen LogP contribution in [0.5, 0.6) is 0 Å². The number of fused-ring (bicyclic) bond motifs is 1. The van der Waals surface area contributed by atoms with E-state index in [0.29, 0.717) is 17.9 Å². The molecule has 0 aliphatic carbocycles. The van der Waals surface area contributed by atoms with E-state index in [1.54, 1.807) is 11.6 Å². The van der Waals surface area contributed by atoms with Crippen molar-refractivity contribution in [1.82, 2.24) is 14.7 Å². The van der Waals surface area contributed by atoms with E-state index in [1.165, 1.54) is 16.0 Å². The third-order valence-corrected chi connectivity index (χ3v) is 5.97. The van der Waals surface area contributed by atoms with Gasteiger partial charge in [0, 0.05) is 19.2 Å². The van der Waals surface area contributed by atoms with Crippen molar-refractivity contribution in [2.24, 2.45) is 0 Å². The second-order valence-corrected chi connectivity index (χ2v) is 8.40. The van der Waals surface area contributed by atoms with Crippen molar-refractivity contribution in [3.8, 4) is 0 Å². The molecule has 0 spiro atoms. The molecule has 23 heavy (non-hydrogen) atoms. The van der Waals surface area contributed by atoms with Crippen molar-refractivity contribution in [1.29, 1.82) is 0 Å². The minimum absolute atomic E-state index is 0.0531. The molecule has 2 aliphatic heterocycles. The fourth-order valence-corrected chi connectivity index (χ4v) is 3.93. The van der Waals surface area contributed by atoms with Gasteiger partial charge in [-0.1, -0.05) is 0 Å². The second kappa shape index (κ2) is 5.22. The lowest BCUT2D eigenvalue weighted by Gasteiger charge is -2.32. The number of hydrogen-bond donors (Lipinski definition) is 1. The highest BCUT2D eigenvalue weighted by atomic mass is 32.2. The fourth-order valence-electron chi connectivity index (χ4n) is 3.06. The van der Waals surface area contributed by atoms with E-state index in [2.05, 4.69) is 5.10 Å². The molecule has 2 aliphatic rings. The molecule has 0 aromatic carbocycles. The van der Waals surface area contributed by atoms with E-state index in [0.717, 1.165) is 6.26 Å². The molecule has 1 N–H and O–H groups in total. The Morgan fingerprint density at radius 1 is 1.39 bits per heavy atom. The summed E-state index contributed by atoms with van der Waals surface area (Å²) in [6, 6.07) is -0.217. The molecule has 3 rings (SSSR count). The molecule has 0 radical (unpaired) electrons. The predicted octanol–water partition coefficient (Wildman–Crippen LogP) is -0.0849. The summed E-state index contributed by atoms with van der Waals surface area (Å²) < 4.78 is 25.0. The third-order valence-electron chi connectivity index (χ3n) is 4.45. The average Bonchev–Trinajstić information content (AvgIpc) is 2.99. The maximum atomic E-state index is 12.2. The van der Waals surface area contributed by atoms with E-state index in [1.807, 2.05) is 0 Å². The van der Waals surface area contributed by atoms with Crippen molar-refractivity contribution in [2.75, 3.05) is 17.7 Å². The van der Waals surface area contributed by atoms with Crippen LogP contribution in [0.4, 0.5) is 10.5 Å². The first kappa shape index (κ1) is 15.8. The first-order valence-corrected chi connectivity index (χ1v) is 9.17. The van der Waals surface area contributed by atoms with Gasteiger partial charge < -0.3 is 10.0 Å². The Balaban J connectivity index is 1.92. The molecule has 2 atom stereocenters. The zero-order chi connectivity index (χ0) is 16.9. The van der Waals surface area contributed by atoms with Crippen molar-refractivity contribution in [2.45, 2.75) is 37.7 Å². The number of carboxylic acid groups (broad SMARTS) is 1. The fraction of sp³-hybridized carbons (Fsp3) is 0.615. The molecule has 1 unspecified atom stereocenters. The van der Waals surface area contributed by atoms with Gasteiger partial charge in [-0.2, -0.15) is 5.10 Å². The number of aromatic nitrogens is 2. The standard InChI is InChI=1S/C13H18N4O5S/c1-8-5-17-11(7-15(8)13(19)20)10(4-14-17)16-6-9(3-12(16)18)23(2,21)22/h4,8-9H,3,5-7H2,1-2H3,(H,19,20)/t8-,9?/m0/s1. The summed E-state index contributed by atoms with van der Waals surface area (Å²) in [5.74, 6) is -0.281. The summed E-state index contributed by atoms with van der Waals surface area (Å²) >= 11 is 0. The number of amides is 2. The van der Waals surface area contributed by atoms with Gasteiger partial charge in [0.2, 0.25) is 5.91 Å². The highest BCUT2D eigenvalue weighted by Crippen LogP contribution is 2.31. The van der Waals surface area contributed by atoms with Crippen LogP contribution in [0.3, 0.4) is 0 Å². The smallest absolute Gasteiger partial charge is 0.407 e. The zero-order valence-corrected chi connectivity index (χ0v) is 13.7. The molecule has 10 heteroatoms. The van der Waals surface area contributed by atoms with Crippen LogP contribution in [0.2, 0.25) is 0 Å². The van der Waals surface area contributed by atoms with Crippen molar-refractivity contribution in [3.63, 3.8) is 0 Å². The van der Waals surface area contributed by atoms with Crippen LogP contribution >= 0.6 is 0 Å². The monoisotopic (exact) mass is 342 g/mol. The molecule has 0 bridgehead atoms. The highest BCUT2D eigenvalue weighted by molar-refractivity contribution is 7.91. The van der Waals surface area contributed by atoms with Gasteiger partial charge in [-0.05, 0) is 6.92 Å². The largest absolute Gasteiger partial charge is 0.465 e. The van der Waals surface area contributed by atoms with Crippen LogP contribution in [-0.4, -0.2) is 64.3 Å². The van der Waals surface area contributed by atoms with Crippen LogP contribution in [0.25, 0.3) is 0 Å². The normalized spacial score (nSPS) is 24.9. The lowest BCUT2D eigenvalue weighted by atomic mass is 10.2. The van der Waals surface area contributed by atoms with E-state index in [4.69, 9.17) is 0 Å². The van der Waals surface area contributed by atoms with Crippen molar-refractivity contribution in [3.05, 3.63) is 11.9 Å². The molecule has 1 aromatic heterocycles. The van der Waals surface area contributed by atoms with Gasteiger partial charge in [0.05, 0.1) is 42.0 Å². The Morgan fingerprint density at radius 2 is 2.09 bits per heavy atom. The number of nitrogens with zero attached hydrogens (tertiary/aromatic N) is 4. The number of hydrogen-bond acceptors (Lipinski definition) is 5. The van der Waals surface area contributed by atoms with Gasteiger partial charge in [0.1, 0.15) is 0 Å². The summed E-state index contributed by atoms with van der Waals surface area (Å²) in [4.78, 5) is 26.2. The van der Waals surface area contributed by atoms with Crippen LogP contribution in [-0.2, 0) is 27.7 Å². The van der Waals surface area contributed by atoms with Gasteiger partial charge in [0.25, 0.3) is 0 Å². The molecule has 1 fully saturated rings. The van der Waals surface area contributed by atoms with Crippen LogP contribution in [0.1, 0.15) is 19.0 Å². The molecule has 2 amide bonds. The maximum Gasteiger partial charge on any atom is 0.407 e. The Kier molecular flexibility index (Phi) is 3.58. The summed E-state index contributed by atoms with van der Waals surface area (Å²) in [7, 11) is -3.31. The Hall–Kier alpha value is -2.10. The molecule has 9 nitrogen and oxygen atoms in total. The van der Waals surface area contributed by atoms with Crippen LogP contribution in [0.15, 0.2) is 6.20 Å². The van der Waals surface area contributed by atoms with Crippen LogP contribution in [0, 0.1) is 0 Å². The Morgan fingerprint density at radius 3 is 2.65 bits per heavy atom. The molecule has 1 aromatic rings. The molecular weight excluding hydrogens is 324 g/mol. The SMILES string of the molecule is C[C@H]1Cn2ncc(N3CC(S(C)(=O)=O)CC3=O)c2CN1C(=O)O. The van der Waals surface area contributed by atoms with Gasteiger partial charge in [-0.3, -0.25) is 14.4 Å². The van der Waals surface area contributed by atoms with Crippen molar-refractivity contribution >= 4 is 27.5 Å². The quantitative estimate of drug-likeness (QED) is 0.804. The van der Waals surface area contributed by atoms with E-state index < -0.39 is 21.2 Å². The number of rotatable bonds is 2. The summed E-state index contributed by atoms with van der Waals surface area (Å²) in [6.07, 6.45) is 1.55. The summed E-state index contributed by atoms with van der Waals surface area (Å²) in [5, 5.41) is 12.8. The number of carbonyl (C=O) groups excluding carboxylic acids is 1. The number of carbonyl (C=O) groups is 2. The second-order valence-electron chi connectivity index (χ2n) is 6.08. The number of sulfone groups is 1. The maximum absolute atomic E-state index is 12.2. The summed E-state index contributed by atoms with van der Waals surface area (Å²) in [5.41, 5.74) is 1.12. The Labute approximate surface area is 133 Å². The lowest BCUT2D eigenvalue weighted by molar-refractivity contribution is -0.117. The topological polar surface area (TPSA) is 113 Å². The lowest BCUT2D eigenvalue weighted by Crippen LogP contribution is -2.44. The number of anilines is 1. The van der Waals surface area contributed by atoms with Gasteiger partial charge in [-0.25, -0.2) is 13.2 Å². The van der Waals surface area contributed by atoms with Gasteiger partial charge >= 0.3 is 6.09 Å². The molecule has 3 heterocycles. The summed E-state index contributed by atoms with van der Waals surface area (Å²) in [6.45, 7) is 2.40. The highest BCUT2D eigenvalue weighted by Gasteiger charge is 2.39. The zero-order valence-electron chi connectivity index (χ0n) is 12.8. The minimum Gasteiger partial charge on any atom is -0.465 e. The third kappa shape index (κ3) is 2.67. The first-order chi connectivity index (χ1) is 10.7. The molecule has 0 saturated carbocycles. The van der Waals surface area contributed by atoms with E-state index >= 15 is 0 Å². The predicted molar refractivity (Wildman–Crippen MR) is 80.9 cm³/mol. The minimum atomic E-state index is -3.31. The van der Waals surface area contributed by atoms with Gasteiger partial charge in [-0.15, -0.1) is 0 Å². The van der Waals surface area contributed by atoms with E-state index in [-0.39, 0.29) is 31.5 Å². The average molecular weight is 342 g/mol. The molecular formula is C13H18N4O5S. The Bertz CT molecular complexity index is 771. The van der Waals surface area contributed by atoms with Crippen LogP contribution < -0.4 is 4.90 Å².